The van der Waals surface area contributed by atoms with Gasteiger partial charge < -0.3 is 11.1 Å². The van der Waals surface area contributed by atoms with Crippen LogP contribution in [0.15, 0.2) is 18.2 Å². The highest BCUT2D eigenvalue weighted by Crippen LogP contribution is 2.19. The number of amides is 1. The summed E-state index contributed by atoms with van der Waals surface area (Å²) in [6.07, 6.45) is 5.45. The Bertz CT molecular complexity index is 404. The molecular formula is C15H22Cl2N2O. The van der Waals surface area contributed by atoms with Crippen molar-refractivity contribution < 1.29 is 4.79 Å². The van der Waals surface area contributed by atoms with Crippen molar-refractivity contribution in [1.82, 2.24) is 5.32 Å². The van der Waals surface area contributed by atoms with Gasteiger partial charge in [-0.1, -0.05) is 36.0 Å². The van der Waals surface area contributed by atoms with E-state index in [0.717, 1.165) is 44.2 Å². The summed E-state index contributed by atoms with van der Waals surface area (Å²) in [5.74, 6) is 0.103. The third-order valence-electron chi connectivity index (χ3n) is 3.02. The van der Waals surface area contributed by atoms with Crippen LogP contribution in [0, 0.1) is 0 Å². The zero-order chi connectivity index (χ0) is 14.8. The van der Waals surface area contributed by atoms with Crippen LogP contribution in [0.25, 0.3) is 0 Å². The maximum absolute atomic E-state index is 11.6. The molecule has 5 heteroatoms. The van der Waals surface area contributed by atoms with E-state index in [1.807, 2.05) is 12.1 Å². The van der Waals surface area contributed by atoms with Crippen LogP contribution in [0.1, 0.15) is 37.7 Å². The first-order valence-electron chi connectivity index (χ1n) is 7.03. The molecule has 112 valence electrons. The van der Waals surface area contributed by atoms with Gasteiger partial charge in [-0.05, 0) is 49.6 Å². The fourth-order valence-corrected chi connectivity index (χ4v) is 2.54. The van der Waals surface area contributed by atoms with Crippen molar-refractivity contribution in [1.29, 1.82) is 0 Å². The zero-order valence-corrected chi connectivity index (χ0v) is 13.1. The van der Waals surface area contributed by atoms with E-state index in [4.69, 9.17) is 28.9 Å². The molecule has 1 rings (SSSR count). The molecule has 1 amide bonds. The molecule has 0 saturated heterocycles. The van der Waals surface area contributed by atoms with Crippen molar-refractivity contribution in [3.05, 3.63) is 33.8 Å². The Morgan fingerprint density at radius 2 is 1.70 bits per heavy atom. The van der Waals surface area contributed by atoms with Gasteiger partial charge in [0.15, 0.2) is 0 Å². The monoisotopic (exact) mass is 316 g/mol. The Kier molecular flexibility index (Phi) is 8.67. The molecule has 0 atom stereocenters. The molecule has 0 unspecified atom stereocenters. The summed E-state index contributed by atoms with van der Waals surface area (Å²) >= 11 is 11.8. The highest BCUT2D eigenvalue weighted by molar-refractivity contribution is 6.34. The Balaban J connectivity index is 2.15. The maximum Gasteiger partial charge on any atom is 0.220 e. The molecule has 3 N–H and O–H groups in total. The summed E-state index contributed by atoms with van der Waals surface area (Å²) in [4.78, 5) is 11.6. The van der Waals surface area contributed by atoms with Gasteiger partial charge >= 0.3 is 0 Å². The second-order valence-electron chi connectivity index (χ2n) is 4.83. The molecule has 0 aliphatic rings. The highest BCUT2D eigenvalue weighted by atomic mass is 35.5. The summed E-state index contributed by atoms with van der Waals surface area (Å²) in [6, 6.07) is 5.44. The van der Waals surface area contributed by atoms with Gasteiger partial charge in [0.1, 0.15) is 0 Å². The minimum Gasteiger partial charge on any atom is -0.356 e. The summed E-state index contributed by atoms with van der Waals surface area (Å²) < 4.78 is 0. The number of carbonyl (C=O) groups excluding carboxylic acids is 1. The van der Waals surface area contributed by atoms with Crippen LogP contribution in [0.3, 0.4) is 0 Å². The third kappa shape index (κ3) is 7.73. The number of hydrogen-bond donors (Lipinski definition) is 2. The molecule has 0 spiro atoms. The fourth-order valence-electron chi connectivity index (χ4n) is 1.97. The van der Waals surface area contributed by atoms with E-state index in [1.54, 1.807) is 6.07 Å². The second-order valence-corrected chi connectivity index (χ2v) is 5.70. The molecule has 20 heavy (non-hydrogen) atoms. The van der Waals surface area contributed by atoms with Crippen LogP contribution >= 0.6 is 23.2 Å². The number of carbonyl (C=O) groups is 1. The molecule has 0 saturated carbocycles. The van der Waals surface area contributed by atoms with E-state index in [0.29, 0.717) is 23.0 Å². The van der Waals surface area contributed by atoms with E-state index >= 15 is 0 Å². The highest BCUT2D eigenvalue weighted by Gasteiger charge is 2.02. The summed E-state index contributed by atoms with van der Waals surface area (Å²) in [5, 5.41) is 4.16. The number of hydrogen-bond acceptors (Lipinski definition) is 2. The van der Waals surface area contributed by atoms with Gasteiger partial charge in [0.2, 0.25) is 5.91 Å². The van der Waals surface area contributed by atoms with Crippen molar-refractivity contribution in [3.63, 3.8) is 0 Å². The first-order chi connectivity index (χ1) is 9.61. The number of nitrogens with one attached hydrogen (secondary N) is 1. The molecule has 0 fully saturated rings. The topological polar surface area (TPSA) is 55.1 Å². The third-order valence-corrected chi connectivity index (χ3v) is 3.45. The lowest BCUT2D eigenvalue weighted by molar-refractivity contribution is -0.121. The van der Waals surface area contributed by atoms with E-state index in [9.17, 15) is 4.79 Å². The number of benzene rings is 1. The van der Waals surface area contributed by atoms with Crippen molar-refractivity contribution in [3.8, 4) is 0 Å². The van der Waals surface area contributed by atoms with E-state index in [-0.39, 0.29) is 5.91 Å². The SMILES string of the molecule is NCCCCCCC(=O)NCCc1cc(Cl)cc(Cl)c1. The van der Waals surface area contributed by atoms with Crippen LogP contribution in [-0.4, -0.2) is 19.0 Å². The minimum atomic E-state index is 0.103. The first-order valence-corrected chi connectivity index (χ1v) is 7.79. The Morgan fingerprint density at radius 3 is 2.35 bits per heavy atom. The largest absolute Gasteiger partial charge is 0.356 e. The molecule has 1 aromatic rings. The summed E-state index contributed by atoms with van der Waals surface area (Å²) in [5.41, 5.74) is 6.45. The minimum absolute atomic E-state index is 0.103. The fraction of sp³-hybridized carbons (Fsp3) is 0.533. The molecule has 1 aromatic carbocycles. The van der Waals surface area contributed by atoms with E-state index in [2.05, 4.69) is 5.32 Å². The van der Waals surface area contributed by atoms with Gasteiger partial charge in [-0.25, -0.2) is 0 Å². The molecule has 3 nitrogen and oxygen atoms in total. The lowest BCUT2D eigenvalue weighted by Gasteiger charge is -2.06. The smallest absolute Gasteiger partial charge is 0.220 e. The Hall–Kier alpha value is -0.770. The van der Waals surface area contributed by atoms with Crippen LogP contribution in [0.4, 0.5) is 0 Å². The van der Waals surface area contributed by atoms with E-state index < -0.39 is 0 Å². The molecule has 0 aliphatic heterocycles. The van der Waals surface area contributed by atoms with Crippen LogP contribution in [-0.2, 0) is 11.2 Å². The lowest BCUT2D eigenvalue weighted by Crippen LogP contribution is -2.25. The van der Waals surface area contributed by atoms with Crippen molar-refractivity contribution in [2.75, 3.05) is 13.1 Å². The second kappa shape index (κ2) is 10.0. The van der Waals surface area contributed by atoms with E-state index in [1.165, 1.54) is 0 Å². The number of nitrogens with two attached hydrogens (primary N) is 1. The Morgan fingerprint density at radius 1 is 1.05 bits per heavy atom. The van der Waals surface area contributed by atoms with Gasteiger partial charge in [-0.3, -0.25) is 4.79 Å². The van der Waals surface area contributed by atoms with Crippen molar-refractivity contribution in [2.45, 2.75) is 38.5 Å². The molecule has 0 aliphatic carbocycles. The normalized spacial score (nSPS) is 10.6. The summed E-state index contributed by atoms with van der Waals surface area (Å²) in [6.45, 7) is 1.34. The quantitative estimate of drug-likeness (QED) is 0.684. The average Bonchev–Trinajstić information content (AvgIpc) is 2.37. The molecular weight excluding hydrogens is 295 g/mol. The number of rotatable bonds is 9. The van der Waals surface area contributed by atoms with Gasteiger partial charge in [0.25, 0.3) is 0 Å². The first kappa shape index (κ1) is 17.3. The van der Waals surface area contributed by atoms with Crippen LogP contribution < -0.4 is 11.1 Å². The zero-order valence-electron chi connectivity index (χ0n) is 11.6. The number of unbranched alkanes of at least 4 members (excludes halogenated alkanes) is 3. The van der Waals surface area contributed by atoms with Crippen molar-refractivity contribution in [2.24, 2.45) is 5.73 Å². The predicted octanol–water partition coefficient (Wildman–Crippen LogP) is 3.56. The molecule has 0 heterocycles. The number of halogens is 2. The molecule has 0 bridgehead atoms. The van der Waals surface area contributed by atoms with Gasteiger partial charge in [-0.2, -0.15) is 0 Å². The van der Waals surface area contributed by atoms with Crippen molar-refractivity contribution >= 4 is 29.1 Å². The van der Waals surface area contributed by atoms with Crippen LogP contribution in [0.2, 0.25) is 10.0 Å². The Labute approximate surface area is 130 Å². The van der Waals surface area contributed by atoms with Gasteiger partial charge in [0, 0.05) is 23.0 Å². The summed E-state index contributed by atoms with van der Waals surface area (Å²) in [7, 11) is 0. The standard InChI is InChI=1S/C15H22Cl2N2O/c16-13-9-12(10-14(17)11-13)6-8-19-15(20)5-3-1-2-4-7-18/h9-11H,1-8,18H2,(H,19,20). The average molecular weight is 317 g/mol. The van der Waals surface area contributed by atoms with Crippen LogP contribution in [0.5, 0.6) is 0 Å². The molecule has 0 aromatic heterocycles. The van der Waals surface area contributed by atoms with Gasteiger partial charge in [0.05, 0.1) is 0 Å². The molecule has 0 radical (unpaired) electrons. The lowest BCUT2D eigenvalue weighted by atomic mass is 10.1. The predicted molar refractivity (Wildman–Crippen MR) is 85.3 cm³/mol. The van der Waals surface area contributed by atoms with Gasteiger partial charge in [-0.15, -0.1) is 0 Å². The maximum atomic E-state index is 11.6.